The van der Waals surface area contributed by atoms with E-state index in [1.54, 1.807) is 0 Å². The van der Waals surface area contributed by atoms with Crippen LogP contribution in [0.25, 0.3) is 0 Å². The number of ether oxygens (including phenoxy) is 2. The van der Waals surface area contributed by atoms with Crippen LogP contribution < -0.4 is 14.8 Å². The van der Waals surface area contributed by atoms with Gasteiger partial charge in [0.1, 0.15) is 6.04 Å². The standard InChI is InChI=1S/C12H16N2O6/c1-13-9(12(15)16)5-6-20-11-7-8(14(17)18)3-4-10(11)19-2/h3-4,7,9,13H,5-6H2,1-2H3,(H,15,16). The van der Waals surface area contributed by atoms with Crippen molar-refractivity contribution in [3.8, 4) is 11.5 Å². The Kier molecular flexibility index (Phi) is 5.73. The van der Waals surface area contributed by atoms with Gasteiger partial charge in [0.15, 0.2) is 11.5 Å². The topological polar surface area (TPSA) is 111 Å². The second-order valence-corrected chi connectivity index (χ2v) is 3.91. The molecule has 1 aromatic carbocycles. The first-order valence-corrected chi connectivity index (χ1v) is 5.85. The minimum Gasteiger partial charge on any atom is -0.493 e. The molecular weight excluding hydrogens is 268 g/mol. The van der Waals surface area contributed by atoms with Crippen LogP contribution >= 0.6 is 0 Å². The van der Waals surface area contributed by atoms with Crippen molar-refractivity contribution in [2.24, 2.45) is 0 Å². The third-order valence-electron chi connectivity index (χ3n) is 2.67. The number of hydrogen-bond donors (Lipinski definition) is 2. The predicted octanol–water partition coefficient (Wildman–Crippen LogP) is 1.04. The summed E-state index contributed by atoms with van der Waals surface area (Å²) in [6.07, 6.45) is 0.220. The summed E-state index contributed by atoms with van der Waals surface area (Å²) >= 11 is 0. The molecule has 0 aliphatic rings. The van der Waals surface area contributed by atoms with Crippen LogP contribution in [0.1, 0.15) is 6.42 Å². The van der Waals surface area contributed by atoms with E-state index >= 15 is 0 Å². The highest BCUT2D eigenvalue weighted by atomic mass is 16.6. The van der Waals surface area contributed by atoms with Gasteiger partial charge in [-0.3, -0.25) is 14.9 Å². The minimum absolute atomic E-state index is 0.0926. The molecule has 0 saturated heterocycles. The van der Waals surface area contributed by atoms with Gasteiger partial charge in [0, 0.05) is 12.5 Å². The van der Waals surface area contributed by atoms with Crippen LogP contribution in [-0.2, 0) is 4.79 Å². The maximum atomic E-state index is 10.8. The molecular formula is C12H16N2O6. The number of carboxylic acid groups (broad SMARTS) is 1. The third-order valence-corrected chi connectivity index (χ3v) is 2.67. The van der Waals surface area contributed by atoms with E-state index in [1.165, 1.54) is 32.4 Å². The Bertz CT molecular complexity index is 491. The maximum absolute atomic E-state index is 10.8. The van der Waals surface area contributed by atoms with Gasteiger partial charge in [-0.05, 0) is 13.1 Å². The Hall–Kier alpha value is -2.35. The van der Waals surface area contributed by atoms with E-state index in [-0.39, 0.29) is 24.5 Å². The third kappa shape index (κ3) is 4.09. The van der Waals surface area contributed by atoms with Gasteiger partial charge in [0.25, 0.3) is 5.69 Å². The average molecular weight is 284 g/mol. The number of nitro benzene ring substituents is 1. The molecule has 0 heterocycles. The zero-order chi connectivity index (χ0) is 15.1. The lowest BCUT2D eigenvalue weighted by Crippen LogP contribution is -2.35. The van der Waals surface area contributed by atoms with Crippen molar-refractivity contribution in [2.75, 3.05) is 20.8 Å². The Morgan fingerprint density at radius 2 is 2.20 bits per heavy atom. The molecule has 0 aromatic heterocycles. The first kappa shape index (κ1) is 15.7. The number of nitrogens with zero attached hydrogens (tertiary/aromatic N) is 1. The molecule has 110 valence electrons. The van der Waals surface area contributed by atoms with Crippen LogP contribution in [-0.4, -0.2) is 42.8 Å². The molecule has 0 aliphatic heterocycles. The van der Waals surface area contributed by atoms with E-state index in [2.05, 4.69) is 5.32 Å². The molecule has 20 heavy (non-hydrogen) atoms. The second-order valence-electron chi connectivity index (χ2n) is 3.91. The van der Waals surface area contributed by atoms with Crippen molar-refractivity contribution in [1.82, 2.24) is 5.32 Å². The normalized spacial score (nSPS) is 11.7. The molecule has 0 bridgehead atoms. The van der Waals surface area contributed by atoms with Crippen LogP contribution in [0.5, 0.6) is 11.5 Å². The van der Waals surface area contributed by atoms with Gasteiger partial charge in [-0.2, -0.15) is 0 Å². The van der Waals surface area contributed by atoms with Gasteiger partial charge in [-0.25, -0.2) is 0 Å². The van der Waals surface area contributed by atoms with Gasteiger partial charge in [0.2, 0.25) is 0 Å². The summed E-state index contributed by atoms with van der Waals surface area (Å²) in [4.78, 5) is 21.0. The van der Waals surface area contributed by atoms with Gasteiger partial charge >= 0.3 is 5.97 Å². The number of benzene rings is 1. The van der Waals surface area contributed by atoms with E-state index in [0.29, 0.717) is 5.75 Å². The Labute approximate surface area is 115 Å². The number of nitrogens with one attached hydrogen (secondary N) is 1. The van der Waals surface area contributed by atoms with Crippen molar-refractivity contribution < 1.29 is 24.3 Å². The summed E-state index contributed by atoms with van der Waals surface area (Å²) in [5.41, 5.74) is -0.121. The maximum Gasteiger partial charge on any atom is 0.320 e. The van der Waals surface area contributed by atoms with Crippen LogP contribution in [0.2, 0.25) is 0 Å². The summed E-state index contributed by atoms with van der Waals surface area (Å²) < 4.78 is 10.4. The molecule has 8 heteroatoms. The fourth-order valence-corrected chi connectivity index (χ4v) is 1.57. The SMILES string of the molecule is CNC(CCOc1cc([N+](=O)[O-])ccc1OC)C(=O)O. The highest BCUT2D eigenvalue weighted by molar-refractivity contribution is 5.73. The van der Waals surface area contributed by atoms with E-state index in [4.69, 9.17) is 14.6 Å². The van der Waals surface area contributed by atoms with E-state index in [1.807, 2.05) is 0 Å². The van der Waals surface area contributed by atoms with Gasteiger partial charge in [-0.15, -0.1) is 0 Å². The Morgan fingerprint density at radius 3 is 2.70 bits per heavy atom. The number of likely N-dealkylation sites (N-methyl/N-ethyl adjacent to an activating group) is 1. The minimum atomic E-state index is -0.984. The lowest BCUT2D eigenvalue weighted by atomic mass is 10.2. The quantitative estimate of drug-likeness (QED) is 0.542. The highest BCUT2D eigenvalue weighted by Crippen LogP contribution is 2.31. The molecule has 0 radical (unpaired) electrons. The smallest absolute Gasteiger partial charge is 0.320 e. The van der Waals surface area contributed by atoms with Crippen LogP contribution in [0, 0.1) is 10.1 Å². The molecule has 8 nitrogen and oxygen atoms in total. The first-order valence-electron chi connectivity index (χ1n) is 5.85. The highest BCUT2D eigenvalue weighted by Gasteiger charge is 2.16. The molecule has 0 spiro atoms. The van der Waals surface area contributed by atoms with Gasteiger partial charge in [0.05, 0.1) is 24.7 Å². The zero-order valence-electron chi connectivity index (χ0n) is 11.2. The molecule has 1 atom stereocenters. The fraction of sp³-hybridized carbons (Fsp3) is 0.417. The molecule has 1 unspecified atom stereocenters. The molecule has 1 aromatic rings. The van der Waals surface area contributed by atoms with Gasteiger partial charge in [-0.1, -0.05) is 0 Å². The number of non-ortho nitro benzene ring substituents is 1. The molecule has 0 aliphatic carbocycles. The molecule has 0 amide bonds. The van der Waals surface area contributed by atoms with Crippen molar-refractivity contribution >= 4 is 11.7 Å². The molecule has 0 fully saturated rings. The number of nitro groups is 1. The van der Waals surface area contributed by atoms with Crippen molar-refractivity contribution in [3.05, 3.63) is 28.3 Å². The first-order chi connectivity index (χ1) is 9.49. The summed E-state index contributed by atoms with van der Waals surface area (Å²) in [5, 5.41) is 22.2. The van der Waals surface area contributed by atoms with Crippen molar-refractivity contribution in [1.29, 1.82) is 0 Å². The summed E-state index contributed by atoms with van der Waals surface area (Å²) in [7, 11) is 2.95. The second kappa shape index (κ2) is 7.29. The largest absolute Gasteiger partial charge is 0.493 e. The number of carbonyl (C=O) groups is 1. The summed E-state index contributed by atoms with van der Waals surface area (Å²) in [5.74, 6) is -0.420. The number of rotatable bonds is 8. The molecule has 0 saturated carbocycles. The average Bonchev–Trinajstić information content (AvgIpc) is 2.42. The number of aliphatic carboxylic acids is 1. The summed E-state index contributed by atoms with van der Waals surface area (Å²) in [6.45, 7) is 0.0926. The fourth-order valence-electron chi connectivity index (χ4n) is 1.57. The molecule has 2 N–H and O–H groups in total. The van der Waals surface area contributed by atoms with E-state index in [0.717, 1.165) is 0 Å². The predicted molar refractivity (Wildman–Crippen MR) is 70.2 cm³/mol. The molecule has 1 rings (SSSR count). The van der Waals surface area contributed by atoms with Crippen molar-refractivity contribution in [2.45, 2.75) is 12.5 Å². The van der Waals surface area contributed by atoms with Crippen LogP contribution in [0.15, 0.2) is 18.2 Å². The Balaban J connectivity index is 2.73. The lowest BCUT2D eigenvalue weighted by Gasteiger charge is -2.13. The lowest BCUT2D eigenvalue weighted by molar-refractivity contribution is -0.385. The van der Waals surface area contributed by atoms with E-state index < -0.39 is 16.9 Å². The summed E-state index contributed by atoms with van der Waals surface area (Å²) in [6, 6.07) is 3.24. The van der Waals surface area contributed by atoms with E-state index in [9.17, 15) is 14.9 Å². The number of methoxy groups -OCH3 is 1. The number of hydrogen-bond acceptors (Lipinski definition) is 6. The van der Waals surface area contributed by atoms with Crippen molar-refractivity contribution in [3.63, 3.8) is 0 Å². The Morgan fingerprint density at radius 1 is 1.50 bits per heavy atom. The monoisotopic (exact) mass is 284 g/mol. The zero-order valence-corrected chi connectivity index (χ0v) is 11.2. The number of carboxylic acids is 1. The van der Waals surface area contributed by atoms with Crippen LogP contribution in [0.3, 0.4) is 0 Å². The van der Waals surface area contributed by atoms with Crippen LogP contribution in [0.4, 0.5) is 5.69 Å². The van der Waals surface area contributed by atoms with Gasteiger partial charge < -0.3 is 19.9 Å².